The molecule has 0 aromatic heterocycles. The van der Waals surface area contributed by atoms with Crippen LogP contribution in [0.4, 0.5) is 14.5 Å². The van der Waals surface area contributed by atoms with Crippen molar-refractivity contribution in [2.75, 3.05) is 0 Å². The van der Waals surface area contributed by atoms with Crippen molar-refractivity contribution >= 4 is 17.3 Å². The SMILES string of the molecule is CCC(Cl)C(C)c1cc(F)cc(F)c1[N+](=O)[O-]. The fourth-order valence-corrected chi connectivity index (χ4v) is 1.81. The van der Waals surface area contributed by atoms with Gasteiger partial charge in [0.2, 0.25) is 5.82 Å². The molecule has 17 heavy (non-hydrogen) atoms. The minimum Gasteiger partial charge on any atom is -0.258 e. The Balaban J connectivity index is 3.35. The van der Waals surface area contributed by atoms with Gasteiger partial charge in [-0.3, -0.25) is 10.1 Å². The zero-order valence-corrected chi connectivity index (χ0v) is 10.2. The molecular weight excluding hydrogens is 252 g/mol. The molecule has 0 aliphatic rings. The molecule has 0 fully saturated rings. The van der Waals surface area contributed by atoms with Crippen LogP contribution in [0, 0.1) is 21.7 Å². The van der Waals surface area contributed by atoms with E-state index in [1.54, 1.807) is 13.8 Å². The summed E-state index contributed by atoms with van der Waals surface area (Å²) in [5, 5.41) is 10.4. The number of rotatable bonds is 4. The molecule has 2 atom stereocenters. The predicted molar refractivity (Wildman–Crippen MR) is 61.4 cm³/mol. The Morgan fingerprint density at radius 2 is 2.06 bits per heavy atom. The van der Waals surface area contributed by atoms with Crippen molar-refractivity contribution in [3.63, 3.8) is 0 Å². The second kappa shape index (κ2) is 5.40. The third kappa shape index (κ3) is 2.91. The lowest BCUT2D eigenvalue weighted by atomic mass is 9.94. The summed E-state index contributed by atoms with van der Waals surface area (Å²) >= 11 is 5.96. The smallest absolute Gasteiger partial charge is 0.258 e. The van der Waals surface area contributed by atoms with Gasteiger partial charge in [-0.2, -0.15) is 4.39 Å². The van der Waals surface area contributed by atoms with Gasteiger partial charge in [0.1, 0.15) is 5.82 Å². The van der Waals surface area contributed by atoms with E-state index in [-0.39, 0.29) is 5.56 Å². The van der Waals surface area contributed by atoms with Crippen LogP contribution in [0.3, 0.4) is 0 Å². The zero-order valence-electron chi connectivity index (χ0n) is 9.41. The number of nitrogens with zero attached hydrogens (tertiary/aromatic N) is 1. The maximum atomic E-state index is 13.4. The Kier molecular flexibility index (Phi) is 4.40. The number of hydrogen-bond acceptors (Lipinski definition) is 2. The Bertz CT molecular complexity index is 440. The molecule has 1 aromatic carbocycles. The van der Waals surface area contributed by atoms with Crippen molar-refractivity contribution in [3.05, 3.63) is 39.4 Å². The van der Waals surface area contributed by atoms with Crippen molar-refractivity contribution in [2.24, 2.45) is 0 Å². The highest BCUT2D eigenvalue weighted by atomic mass is 35.5. The van der Waals surface area contributed by atoms with Crippen LogP contribution < -0.4 is 0 Å². The monoisotopic (exact) mass is 263 g/mol. The standard InChI is InChI=1S/C11H12ClF2NO2/c1-3-9(12)6(2)8-4-7(13)5-10(14)11(8)15(16)17/h4-6,9H,3H2,1-2H3. The van der Waals surface area contributed by atoms with E-state index in [2.05, 4.69) is 0 Å². The first-order chi connectivity index (χ1) is 7.88. The van der Waals surface area contributed by atoms with Crippen LogP contribution in [0.25, 0.3) is 0 Å². The van der Waals surface area contributed by atoms with Gasteiger partial charge in [0.25, 0.3) is 0 Å². The molecule has 6 heteroatoms. The number of benzene rings is 1. The molecular formula is C11H12ClF2NO2. The molecule has 0 radical (unpaired) electrons. The fraction of sp³-hybridized carbons (Fsp3) is 0.455. The highest BCUT2D eigenvalue weighted by Crippen LogP contribution is 2.34. The number of halogens is 3. The predicted octanol–water partition coefficient (Wildman–Crippen LogP) is 3.99. The molecule has 94 valence electrons. The average molecular weight is 264 g/mol. The van der Waals surface area contributed by atoms with Crippen molar-refractivity contribution in [1.29, 1.82) is 0 Å². The number of alkyl halides is 1. The maximum Gasteiger partial charge on any atom is 0.308 e. The second-order valence-electron chi connectivity index (χ2n) is 3.80. The third-order valence-corrected chi connectivity index (χ3v) is 3.35. The summed E-state index contributed by atoms with van der Waals surface area (Å²) in [7, 11) is 0. The summed E-state index contributed by atoms with van der Waals surface area (Å²) in [4.78, 5) is 9.92. The number of nitro benzene ring substituents is 1. The van der Waals surface area contributed by atoms with Gasteiger partial charge in [-0.05, 0) is 12.5 Å². The molecule has 2 unspecified atom stereocenters. The number of nitro groups is 1. The highest BCUT2D eigenvalue weighted by Gasteiger charge is 2.28. The van der Waals surface area contributed by atoms with E-state index >= 15 is 0 Å². The van der Waals surface area contributed by atoms with Gasteiger partial charge in [0.05, 0.1) is 4.92 Å². The minimum atomic E-state index is -1.17. The molecule has 0 spiro atoms. The highest BCUT2D eigenvalue weighted by molar-refractivity contribution is 6.21. The van der Waals surface area contributed by atoms with Gasteiger partial charge in [0.15, 0.2) is 0 Å². The first kappa shape index (κ1) is 13.8. The number of hydrogen-bond donors (Lipinski definition) is 0. The van der Waals surface area contributed by atoms with Crippen LogP contribution in [0.5, 0.6) is 0 Å². The summed E-state index contributed by atoms with van der Waals surface area (Å²) in [5.41, 5.74) is -0.702. The molecule has 1 aromatic rings. The molecule has 0 bridgehead atoms. The maximum absolute atomic E-state index is 13.4. The first-order valence-electron chi connectivity index (χ1n) is 5.15. The lowest BCUT2D eigenvalue weighted by molar-refractivity contribution is -0.388. The Hall–Kier alpha value is -1.23. The van der Waals surface area contributed by atoms with E-state index in [9.17, 15) is 18.9 Å². The van der Waals surface area contributed by atoms with Gasteiger partial charge >= 0.3 is 5.69 Å². The van der Waals surface area contributed by atoms with Crippen molar-refractivity contribution < 1.29 is 13.7 Å². The van der Waals surface area contributed by atoms with Crippen molar-refractivity contribution in [3.8, 4) is 0 Å². The van der Waals surface area contributed by atoms with E-state index in [1.807, 2.05) is 0 Å². The normalized spacial score (nSPS) is 14.4. The molecule has 0 saturated carbocycles. The van der Waals surface area contributed by atoms with Gasteiger partial charge in [-0.15, -0.1) is 11.6 Å². The molecule has 0 saturated heterocycles. The molecule has 0 aliphatic carbocycles. The molecule has 1 rings (SSSR count). The summed E-state index contributed by atoms with van der Waals surface area (Å²) in [6.07, 6.45) is 0.554. The van der Waals surface area contributed by atoms with Gasteiger partial charge in [-0.1, -0.05) is 13.8 Å². The Morgan fingerprint density at radius 3 is 2.53 bits per heavy atom. The van der Waals surface area contributed by atoms with E-state index in [0.29, 0.717) is 12.5 Å². The van der Waals surface area contributed by atoms with E-state index in [1.165, 1.54) is 0 Å². The third-order valence-electron chi connectivity index (χ3n) is 2.66. The van der Waals surface area contributed by atoms with Crippen LogP contribution in [0.1, 0.15) is 31.7 Å². The quantitative estimate of drug-likeness (QED) is 0.468. The van der Waals surface area contributed by atoms with E-state index in [4.69, 9.17) is 11.6 Å². The van der Waals surface area contributed by atoms with Crippen LogP contribution in [0.15, 0.2) is 12.1 Å². The van der Waals surface area contributed by atoms with Gasteiger partial charge < -0.3 is 0 Å². The molecule has 0 aliphatic heterocycles. The summed E-state index contributed by atoms with van der Waals surface area (Å²) < 4.78 is 26.5. The van der Waals surface area contributed by atoms with Crippen LogP contribution in [0.2, 0.25) is 0 Å². The zero-order chi connectivity index (χ0) is 13.2. The lowest BCUT2D eigenvalue weighted by Gasteiger charge is -2.17. The van der Waals surface area contributed by atoms with Crippen molar-refractivity contribution in [1.82, 2.24) is 0 Å². The average Bonchev–Trinajstić information content (AvgIpc) is 2.25. The first-order valence-corrected chi connectivity index (χ1v) is 5.59. The summed E-state index contributed by atoms with van der Waals surface area (Å²) in [6.45, 7) is 3.41. The van der Waals surface area contributed by atoms with Crippen LogP contribution in [-0.4, -0.2) is 10.3 Å². The Labute approximate surface area is 103 Å². The molecule has 0 amide bonds. The topological polar surface area (TPSA) is 43.1 Å². The summed E-state index contributed by atoms with van der Waals surface area (Å²) in [5.74, 6) is -2.50. The molecule has 3 nitrogen and oxygen atoms in total. The largest absolute Gasteiger partial charge is 0.308 e. The van der Waals surface area contributed by atoms with E-state index in [0.717, 1.165) is 6.07 Å². The van der Waals surface area contributed by atoms with Crippen molar-refractivity contribution in [2.45, 2.75) is 31.6 Å². The van der Waals surface area contributed by atoms with Crippen LogP contribution >= 0.6 is 11.6 Å². The molecule has 0 heterocycles. The molecule has 0 N–H and O–H groups in total. The lowest BCUT2D eigenvalue weighted by Crippen LogP contribution is -2.12. The second-order valence-corrected chi connectivity index (χ2v) is 4.36. The van der Waals surface area contributed by atoms with E-state index < -0.39 is 33.5 Å². The summed E-state index contributed by atoms with van der Waals surface area (Å²) in [6, 6.07) is 1.47. The van der Waals surface area contributed by atoms with Gasteiger partial charge in [0, 0.05) is 22.9 Å². The minimum absolute atomic E-state index is 0.00523. The van der Waals surface area contributed by atoms with Gasteiger partial charge in [-0.25, -0.2) is 4.39 Å². The van der Waals surface area contributed by atoms with Crippen LogP contribution in [-0.2, 0) is 0 Å². The Morgan fingerprint density at radius 1 is 1.47 bits per heavy atom. The fourth-order valence-electron chi connectivity index (χ4n) is 1.67.